The second kappa shape index (κ2) is 9.72. The van der Waals surface area contributed by atoms with E-state index in [0.717, 1.165) is 11.1 Å². The van der Waals surface area contributed by atoms with Gasteiger partial charge in [-0.25, -0.2) is 0 Å². The molecule has 0 aromatic heterocycles. The van der Waals surface area contributed by atoms with Crippen molar-refractivity contribution in [1.29, 1.82) is 5.26 Å². The monoisotopic (exact) mass is 385 g/mol. The van der Waals surface area contributed by atoms with Gasteiger partial charge in [0.25, 0.3) is 5.91 Å². The van der Waals surface area contributed by atoms with Crippen molar-refractivity contribution in [3.8, 4) is 11.8 Å². The highest BCUT2D eigenvalue weighted by Gasteiger charge is 2.22. The molecule has 0 spiro atoms. The predicted octanol–water partition coefficient (Wildman–Crippen LogP) is 2.92. The lowest BCUT2D eigenvalue weighted by Crippen LogP contribution is -2.46. The van der Waals surface area contributed by atoms with E-state index in [1.54, 1.807) is 24.3 Å². The molecular weight excluding hydrogens is 366 g/mol. The number of carbonyl (C=O) groups excluding carboxylic acids is 2. The van der Waals surface area contributed by atoms with E-state index in [4.69, 9.17) is 10.00 Å². The highest BCUT2D eigenvalue weighted by atomic mass is 16.5. The number of hydrazine groups is 1. The van der Waals surface area contributed by atoms with Gasteiger partial charge in [0.1, 0.15) is 5.75 Å². The largest absolute Gasteiger partial charge is 0.484 e. The Hall–Kier alpha value is -4.11. The zero-order valence-corrected chi connectivity index (χ0v) is 15.5. The van der Waals surface area contributed by atoms with Gasteiger partial charge >= 0.3 is 0 Å². The zero-order chi connectivity index (χ0) is 20.5. The zero-order valence-electron chi connectivity index (χ0n) is 15.5. The molecule has 0 aliphatic rings. The Labute approximate surface area is 168 Å². The SMILES string of the molecule is N#Cc1ccc(OCC(=O)NNC(=O)C(c2ccccc2)c2ccccc2)cc1. The van der Waals surface area contributed by atoms with Crippen LogP contribution in [-0.4, -0.2) is 18.4 Å². The molecule has 6 heteroatoms. The molecule has 144 valence electrons. The lowest BCUT2D eigenvalue weighted by atomic mass is 9.91. The van der Waals surface area contributed by atoms with E-state index >= 15 is 0 Å². The molecule has 0 bridgehead atoms. The first-order valence-electron chi connectivity index (χ1n) is 8.99. The average Bonchev–Trinajstić information content (AvgIpc) is 2.78. The van der Waals surface area contributed by atoms with Gasteiger partial charge in [-0.15, -0.1) is 0 Å². The first-order valence-corrected chi connectivity index (χ1v) is 8.99. The Bertz CT molecular complexity index is 958. The van der Waals surface area contributed by atoms with Crippen LogP contribution in [0.15, 0.2) is 84.9 Å². The van der Waals surface area contributed by atoms with Gasteiger partial charge in [0.15, 0.2) is 6.61 Å². The van der Waals surface area contributed by atoms with Gasteiger partial charge in [-0.2, -0.15) is 5.26 Å². The fourth-order valence-corrected chi connectivity index (χ4v) is 2.80. The molecule has 0 saturated carbocycles. The summed E-state index contributed by atoms with van der Waals surface area (Å²) in [5.74, 6) is -0.953. The molecule has 0 aliphatic carbocycles. The molecule has 2 N–H and O–H groups in total. The van der Waals surface area contributed by atoms with Gasteiger partial charge in [0, 0.05) is 0 Å². The molecule has 0 unspecified atom stereocenters. The van der Waals surface area contributed by atoms with E-state index in [-0.39, 0.29) is 12.5 Å². The van der Waals surface area contributed by atoms with Crippen LogP contribution in [0.5, 0.6) is 5.75 Å². The molecule has 0 heterocycles. The lowest BCUT2D eigenvalue weighted by Gasteiger charge is -2.18. The minimum absolute atomic E-state index is 0.270. The van der Waals surface area contributed by atoms with Crippen LogP contribution in [0.3, 0.4) is 0 Å². The molecule has 3 rings (SSSR count). The van der Waals surface area contributed by atoms with Crippen LogP contribution in [0.1, 0.15) is 22.6 Å². The number of nitrogens with zero attached hydrogens (tertiary/aromatic N) is 1. The number of nitrogens with one attached hydrogen (secondary N) is 2. The molecule has 2 amide bonds. The van der Waals surface area contributed by atoms with Crippen molar-refractivity contribution in [2.45, 2.75) is 5.92 Å². The van der Waals surface area contributed by atoms with Crippen molar-refractivity contribution in [1.82, 2.24) is 10.9 Å². The number of nitriles is 1. The van der Waals surface area contributed by atoms with Crippen LogP contribution in [0.2, 0.25) is 0 Å². The third kappa shape index (κ3) is 5.44. The minimum Gasteiger partial charge on any atom is -0.484 e. The maximum absolute atomic E-state index is 12.8. The second-order valence-electron chi connectivity index (χ2n) is 6.22. The summed E-state index contributed by atoms with van der Waals surface area (Å²) in [6.45, 7) is -0.270. The number of benzene rings is 3. The van der Waals surface area contributed by atoms with E-state index in [0.29, 0.717) is 11.3 Å². The summed E-state index contributed by atoms with van der Waals surface area (Å²) in [5, 5.41) is 8.78. The molecule has 0 atom stereocenters. The maximum atomic E-state index is 12.8. The van der Waals surface area contributed by atoms with Crippen LogP contribution < -0.4 is 15.6 Å². The van der Waals surface area contributed by atoms with Crippen LogP contribution in [-0.2, 0) is 9.59 Å². The molecule has 6 nitrogen and oxygen atoms in total. The highest BCUT2D eigenvalue weighted by molar-refractivity contribution is 5.89. The smallest absolute Gasteiger partial charge is 0.276 e. The molecule has 0 aliphatic heterocycles. The number of rotatable bonds is 6. The number of hydrogen-bond donors (Lipinski definition) is 2. The molecule has 0 radical (unpaired) electrons. The minimum atomic E-state index is -0.558. The van der Waals surface area contributed by atoms with Crippen molar-refractivity contribution in [2.75, 3.05) is 6.61 Å². The number of carbonyl (C=O) groups is 2. The summed E-state index contributed by atoms with van der Waals surface area (Å²) >= 11 is 0. The van der Waals surface area contributed by atoms with Crippen LogP contribution in [0.4, 0.5) is 0 Å². The van der Waals surface area contributed by atoms with Crippen LogP contribution in [0.25, 0.3) is 0 Å². The van der Waals surface area contributed by atoms with Gasteiger partial charge in [0.05, 0.1) is 17.6 Å². The number of amides is 2. The molecule has 3 aromatic carbocycles. The summed E-state index contributed by atoms with van der Waals surface area (Å²) in [7, 11) is 0. The summed E-state index contributed by atoms with van der Waals surface area (Å²) in [6.07, 6.45) is 0. The van der Waals surface area contributed by atoms with Crippen molar-refractivity contribution < 1.29 is 14.3 Å². The Kier molecular flexibility index (Phi) is 6.58. The quantitative estimate of drug-likeness (QED) is 0.638. The standard InChI is InChI=1S/C23H19N3O3/c24-15-17-11-13-20(14-12-17)29-16-21(27)25-26-23(28)22(18-7-3-1-4-8-18)19-9-5-2-6-10-19/h1-14,22H,16H2,(H,25,27)(H,26,28). The Morgan fingerprint density at radius 3 is 1.90 bits per heavy atom. The van der Waals surface area contributed by atoms with Crippen molar-refractivity contribution in [2.24, 2.45) is 0 Å². The van der Waals surface area contributed by atoms with Crippen LogP contribution >= 0.6 is 0 Å². The van der Waals surface area contributed by atoms with E-state index in [1.165, 1.54) is 0 Å². The summed E-state index contributed by atoms with van der Waals surface area (Å²) in [6, 6.07) is 27.1. The first kappa shape index (κ1) is 19.6. The Balaban J connectivity index is 1.59. The van der Waals surface area contributed by atoms with Crippen molar-refractivity contribution in [3.63, 3.8) is 0 Å². The Morgan fingerprint density at radius 2 is 1.38 bits per heavy atom. The second-order valence-corrected chi connectivity index (χ2v) is 6.22. The van der Waals surface area contributed by atoms with Gasteiger partial charge in [-0.1, -0.05) is 60.7 Å². The summed E-state index contributed by atoms with van der Waals surface area (Å²) in [4.78, 5) is 24.8. The molecular formula is C23H19N3O3. The maximum Gasteiger partial charge on any atom is 0.276 e. The van der Waals surface area contributed by atoms with Gasteiger partial charge in [-0.3, -0.25) is 20.4 Å². The molecule has 29 heavy (non-hydrogen) atoms. The fraction of sp³-hybridized carbons (Fsp3) is 0.0870. The normalized spacial score (nSPS) is 10.1. The van der Waals surface area contributed by atoms with Gasteiger partial charge < -0.3 is 4.74 Å². The van der Waals surface area contributed by atoms with E-state index in [1.807, 2.05) is 66.7 Å². The average molecular weight is 385 g/mol. The molecule has 3 aromatic rings. The highest BCUT2D eigenvalue weighted by Crippen LogP contribution is 2.24. The number of hydrogen-bond acceptors (Lipinski definition) is 4. The molecule has 0 saturated heterocycles. The third-order valence-electron chi connectivity index (χ3n) is 4.21. The summed E-state index contributed by atoms with van der Waals surface area (Å²) in [5.41, 5.74) is 6.99. The van der Waals surface area contributed by atoms with E-state index < -0.39 is 11.8 Å². The van der Waals surface area contributed by atoms with Crippen molar-refractivity contribution in [3.05, 3.63) is 102 Å². The number of ether oxygens (including phenoxy) is 1. The third-order valence-corrected chi connectivity index (χ3v) is 4.21. The summed E-state index contributed by atoms with van der Waals surface area (Å²) < 4.78 is 5.36. The Morgan fingerprint density at radius 1 is 0.828 bits per heavy atom. The van der Waals surface area contributed by atoms with Crippen molar-refractivity contribution >= 4 is 11.8 Å². The van der Waals surface area contributed by atoms with Gasteiger partial charge in [0.2, 0.25) is 5.91 Å². The van der Waals surface area contributed by atoms with Crippen LogP contribution in [0, 0.1) is 11.3 Å². The fourth-order valence-electron chi connectivity index (χ4n) is 2.80. The lowest BCUT2D eigenvalue weighted by molar-refractivity contribution is -0.130. The first-order chi connectivity index (χ1) is 14.2. The van der Waals surface area contributed by atoms with E-state index in [9.17, 15) is 9.59 Å². The van der Waals surface area contributed by atoms with Gasteiger partial charge in [-0.05, 0) is 35.4 Å². The predicted molar refractivity (Wildman–Crippen MR) is 108 cm³/mol. The van der Waals surface area contributed by atoms with E-state index in [2.05, 4.69) is 10.9 Å². The topological polar surface area (TPSA) is 91.2 Å². The molecule has 0 fully saturated rings.